The molecule has 0 fully saturated rings. The van der Waals surface area contributed by atoms with Crippen molar-refractivity contribution in [3.8, 4) is 0 Å². The Morgan fingerprint density at radius 1 is 1.25 bits per heavy atom. The fourth-order valence-electron chi connectivity index (χ4n) is 1.58. The van der Waals surface area contributed by atoms with E-state index in [1.54, 1.807) is 6.92 Å². The van der Waals surface area contributed by atoms with Crippen molar-refractivity contribution in [2.75, 3.05) is 0 Å². The molecule has 1 rings (SSSR count). The molecule has 0 amide bonds. The Labute approximate surface area is 97.2 Å². The van der Waals surface area contributed by atoms with E-state index in [2.05, 4.69) is 31.2 Å². The lowest BCUT2D eigenvalue weighted by Gasteiger charge is -2.04. The summed E-state index contributed by atoms with van der Waals surface area (Å²) in [7, 11) is 0. The molecule has 1 aromatic rings. The van der Waals surface area contributed by atoms with E-state index in [0.29, 0.717) is 6.42 Å². The summed E-state index contributed by atoms with van der Waals surface area (Å²) < 4.78 is 0. The van der Waals surface area contributed by atoms with Gasteiger partial charge in [-0.3, -0.25) is 0 Å². The quantitative estimate of drug-likeness (QED) is 0.749. The summed E-state index contributed by atoms with van der Waals surface area (Å²) in [5.74, 6) is 0.259. The zero-order chi connectivity index (χ0) is 12.0. The fraction of sp³-hybridized carbons (Fsp3) is 0.429. The summed E-state index contributed by atoms with van der Waals surface area (Å²) in [4.78, 5) is 0. The van der Waals surface area contributed by atoms with Gasteiger partial charge in [0.05, 0.1) is 11.9 Å². The summed E-state index contributed by atoms with van der Waals surface area (Å²) in [6, 6.07) is 8.42. The normalized spacial score (nSPS) is 13.8. The number of benzene rings is 1. The minimum Gasteiger partial charge on any atom is -0.513 e. The van der Waals surface area contributed by atoms with Crippen LogP contribution >= 0.6 is 0 Å². The molecule has 88 valence electrons. The van der Waals surface area contributed by atoms with Gasteiger partial charge in [0, 0.05) is 6.42 Å². The van der Waals surface area contributed by atoms with E-state index in [-0.39, 0.29) is 5.76 Å². The fourth-order valence-corrected chi connectivity index (χ4v) is 1.58. The predicted octanol–water partition coefficient (Wildman–Crippen LogP) is 3.00. The van der Waals surface area contributed by atoms with Gasteiger partial charge in [-0.15, -0.1) is 0 Å². The summed E-state index contributed by atoms with van der Waals surface area (Å²) >= 11 is 0. The molecule has 0 spiro atoms. The average molecular weight is 220 g/mol. The maximum atomic E-state index is 9.48. The molecular formula is C14H20O2. The van der Waals surface area contributed by atoms with Crippen molar-refractivity contribution in [1.29, 1.82) is 0 Å². The SMILES string of the molecule is CCc1ccc(CCC(O)=CC(C)O)cc1. The molecule has 1 atom stereocenters. The van der Waals surface area contributed by atoms with Crippen molar-refractivity contribution in [2.24, 2.45) is 0 Å². The van der Waals surface area contributed by atoms with Crippen LogP contribution in [0.3, 0.4) is 0 Å². The molecule has 1 unspecified atom stereocenters. The third-order valence-corrected chi connectivity index (χ3v) is 2.53. The second-order valence-corrected chi connectivity index (χ2v) is 4.07. The van der Waals surface area contributed by atoms with Gasteiger partial charge in [-0.1, -0.05) is 31.2 Å². The van der Waals surface area contributed by atoms with Gasteiger partial charge in [-0.25, -0.2) is 0 Å². The maximum absolute atomic E-state index is 9.48. The molecule has 2 heteroatoms. The van der Waals surface area contributed by atoms with Gasteiger partial charge < -0.3 is 10.2 Å². The van der Waals surface area contributed by atoms with Gasteiger partial charge in [0.2, 0.25) is 0 Å². The number of allylic oxidation sites excluding steroid dienone is 1. The van der Waals surface area contributed by atoms with Gasteiger partial charge in [-0.2, -0.15) is 0 Å². The highest BCUT2D eigenvalue weighted by molar-refractivity contribution is 5.23. The van der Waals surface area contributed by atoms with Crippen molar-refractivity contribution in [2.45, 2.75) is 39.2 Å². The van der Waals surface area contributed by atoms with Crippen molar-refractivity contribution in [3.63, 3.8) is 0 Å². The molecule has 0 aliphatic carbocycles. The monoisotopic (exact) mass is 220 g/mol. The molecule has 0 saturated heterocycles. The molecule has 1 aromatic carbocycles. The average Bonchev–Trinajstić information content (AvgIpc) is 2.26. The highest BCUT2D eigenvalue weighted by atomic mass is 16.3. The number of aryl methyl sites for hydroxylation is 2. The van der Waals surface area contributed by atoms with Gasteiger partial charge in [0.1, 0.15) is 0 Å². The van der Waals surface area contributed by atoms with E-state index in [1.807, 2.05) is 0 Å². The van der Waals surface area contributed by atoms with Crippen LogP contribution in [0, 0.1) is 0 Å². The Morgan fingerprint density at radius 2 is 1.81 bits per heavy atom. The lowest BCUT2D eigenvalue weighted by molar-refractivity contribution is 0.235. The maximum Gasteiger partial charge on any atom is 0.0911 e. The molecule has 0 aliphatic heterocycles. The van der Waals surface area contributed by atoms with E-state index >= 15 is 0 Å². The van der Waals surface area contributed by atoms with Gasteiger partial charge in [0.15, 0.2) is 0 Å². The van der Waals surface area contributed by atoms with Gasteiger partial charge in [0.25, 0.3) is 0 Å². The largest absolute Gasteiger partial charge is 0.513 e. The third-order valence-electron chi connectivity index (χ3n) is 2.53. The Hall–Kier alpha value is -1.28. The molecule has 0 aliphatic rings. The Bertz CT molecular complexity index is 336. The zero-order valence-electron chi connectivity index (χ0n) is 9.98. The van der Waals surface area contributed by atoms with E-state index in [1.165, 1.54) is 17.2 Å². The number of aliphatic hydroxyl groups is 2. The van der Waals surface area contributed by atoms with E-state index in [0.717, 1.165) is 12.8 Å². The van der Waals surface area contributed by atoms with Crippen molar-refractivity contribution in [1.82, 2.24) is 0 Å². The first kappa shape index (κ1) is 12.8. The molecule has 0 saturated carbocycles. The Kier molecular flexibility index (Phi) is 5.06. The lowest BCUT2D eigenvalue weighted by Crippen LogP contribution is -1.97. The second kappa shape index (κ2) is 6.33. The molecule has 16 heavy (non-hydrogen) atoms. The summed E-state index contributed by atoms with van der Waals surface area (Å²) in [6.45, 7) is 3.76. The Balaban J connectivity index is 2.48. The number of rotatable bonds is 5. The van der Waals surface area contributed by atoms with Crippen LogP contribution in [0.1, 0.15) is 31.4 Å². The number of aliphatic hydroxyl groups excluding tert-OH is 2. The summed E-state index contributed by atoms with van der Waals surface area (Å²) in [5, 5.41) is 18.5. The highest BCUT2D eigenvalue weighted by Gasteiger charge is 1.99. The van der Waals surface area contributed by atoms with Crippen LogP contribution in [-0.4, -0.2) is 16.3 Å². The first-order valence-electron chi connectivity index (χ1n) is 5.77. The van der Waals surface area contributed by atoms with E-state index in [4.69, 9.17) is 5.11 Å². The first-order valence-corrected chi connectivity index (χ1v) is 5.77. The smallest absolute Gasteiger partial charge is 0.0911 e. The summed E-state index contributed by atoms with van der Waals surface area (Å²) in [5.41, 5.74) is 2.54. The van der Waals surface area contributed by atoms with E-state index in [9.17, 15) is 5.11 Å². The molecule has 0 aromatic heterocycles. The van der Waals surface area contributed by atoms with Crippen LogP contribution in [0.4, 0.5) is 0 Å². The Morgan fingerprint density at radius 3 is 2.31 bits per heavy atom. The minimum absolute atomic E-state index is 0.259. The zero-order valence-corrected chi connectivity index (χ0v) is 9.98. The van der Waals surface area contributed by atoms with Crippen molar-refractivity contribution >= 4 is 0 Å². The van der Waals surface area contributed by atoms with Crippen LogP contribution in [-0.2, 0) is 12.8 Å². The molecule has 2 nitrogen and oxygen atoms in total. The molecule has 0 heterocycles. The third kappa shape index (κ3) is 4.49. The number of hydrogen-bond donors (Lipinski definition) is 2. The highest BCUT2D eigenvalue weighted by Crippen LogP contribution is 2.10. The predicted molar refractivity (Wildman–Crippen MR) is 66.5 cm³/mol. The second-order valence-electron chi connectivity index (χ2n) is 4.07. The minimum atomic E-state index is -0.581. The van der Waals surface area contributed by atoms with Crippen LogP contribution in [0.2, 0.25) is 0 Å². The topological polar surface area (TPSA) is 40.5 Å². The molecular weight excluding hydrogens is 200 g/mol. The van der Waals surface area contributed by atoms with Gasteiger partial charge >= 0.3 is 0 Å². The van der Waals surface area contributed by atoms with Crippen molar-refractivity contribution in [3.05, 3.63) is 47.2 Å². The molecule has 2 N–H and O–H groups in total. The lowest BCUT2D eigenvalue weighted by atomic mass is 10.1. The summed E-state index contributed by atoms with van der Waals surface area (Å²) in [6.07, 6.45) is 3.32. The van der Waals surface area contributed by atoms with E-state index < -0.39 is 6.10 Å². The standard InChI is InChI=1S/C14H20O2/c1-3-12-4-6-13(7-5-12)8-9-14(16)10-11(2)15/h4-7,10-11,15-16H,3,8-9H2,1-2H3. The molecule has 0 radical (unpaired) electrons. The van der Waals surface area contributed by atoms with Crippen LogP contribution in [0.25, 0.3) is 0 Å². The van der Waals surface area contributed by atoms with Crippen molar-refractivity contribution < 1.29 is 10.2 Å². The first-order chi connectivity index (χ1) is 7.61. The van der Waals surface area contributed by atoms with Crippen LogP contribution in [0.15, 0.2) is 36.1 Å². The molecule has 0 bridgehead atoms. The van der Waals surface area contributed by atoms with Gasteiger partial charge in [-0.05, 0) is 37.0 Å². The van der Waals surface area contributed by atoms with Crippen LogP contribution in [0.5, 0.6) is 0 Å². The number of hydrogen-bond acceptors (Lipinski definition) is 2. The van der Waals surface area contributed by atoms with Crippen LogP contribution < -0.4 is 0 Å².